The summed E-state index contributed by atoms with van der Waals surface area (Å²) in [5.74, 6) is -0.407. The average molecular weight is 217 g/mol. The van der Waals surface area contributed by atoms with Crippen LogP contribution in [0.3, 0.4) is 0 Å². The van der Waals surface area contributed by atoms with Crippen molar-refractivity contribution in [3.05, 3.63) is 48.5 Å². The van der Waals surface area contributed by atoms with Crippen molar-refractivity contribution in [1.29, 1.82) is 0 Å². The molecule has 1 aromatic heterocycles. The van der Waals surface area contributed by atoms with Crippen LogP contribution in [-0.4, -0.2) is 22.2 Å². The number of halogens is 1. The zero-order chi connectivity index (χ0) is 11.5. The second-order valence-electron chi connectivity index (χ2n) is 3.35. The van der Waals surface area contributed by atoms with Gasteiger partial charge in [0.2, 0.25) is 0 Å². The van der Waals surface area contributed by atoms with Gasteiger partial charge in [-0.3, -0.25) is 4.98 Å². The number of rotatable bonds is 2. The Bertz CT molecular complexity index is 491. The lowest BCUT2D eigenvalue weighted by Gasteiger charge is -2.06. The molecule has 0 fully saturated rings. The normalized spacial score (nSPS) is 10.2. The van der Waals surface area contributed by atoms with Crippen molar-refractivity contribution >= 4 is 12.6 Å². The largest absolute Gasteiger partial charge is 0.488 e. The second kappa shape index (κ2) is 4.43. The lowest BCUT2D eigenvalue weighted by Crippen LogP contribution is -2.29. The molecule has 0 bridgehead atoms. The summed E-state index contributed by atoms with van der Waals surface area (Å²) in [4.78, 5) is 3.84. The minimum Gasteiger partial charge on any atom is -0.423 e. The molecule has 1 heterocycles. The van der Waals surface area contributed by atoms with Crippen LogP contribution < -0.4 is 5.46 Å². The van der Waals surface area contributed by atoms with Crippen LogP contribution in [0.2, 0.25) is 0 Å². The van der Waals surface area contributed by atoms with Gasteiger partial charge in [-0.25, -0.2) is 4.39 Å². The minimum absolute atomic E-state index is 0.258. The van der Waals surface area contributed by atoms with Crippen LogP contribution in [0.4, 0.5) is 4.39 Å². The first-order valence-electron chi connectivity index (χ1n) is 4.74. The molecule has 0 spiro atoms. The maximum atomic E-state index is 13.5. The van der Waals surface area contributed by atoms with E-state index in [2.05, 4.69) is 4.98 Å². The van der Waals surface area contributed by atoms with Gasteiger partial charge in [-0.05, 0) is 29.2 Å². The maximum Gasteiger partial charge on any atom is 0.488 e. The van der Waals surface area contributed by atoms with Crippen LogP contribution in [0.1, 0.15) is 0 Å². The summed E-state index contributed by atoms with van der Waals surface area (Å²) in [5.41, 5.74) is 1.23. The average Bonchev–Trinajstić information content (AvgIpc) is 2.30. The number of hydrogen-bond donors (Lipinski definition) is 2. The summed E-state index contributed by atoms with van der Waals surface area (Å²) >= 11 is 0. The first-order chi connectivity index (χ1) is 7.68. The van der Waals surface area contributed by atoms with Crippen LogP contribution in [-0.2, 0) is 0 Å². The van der Waals surface area contributed by atoms with E-state index in [4.69, 9.17) is 10.0 Å². The van der Waals surface area contributed by atoms with Crippen molar-refractivity contribution < 1.29 is 14.4 Å². The monoisotopic (exact) mass is 217 g/mol. The van der Waals surface area contributed by atoms with Gasteiger partial charge in [0.25, 0.3) is 0 Å². The van der Waals surface area contributed by atoms with Gasteiger partial charge in [0, 0.05) is 18.0 Å². The molecule has 80 valence electrons. The predicted octanol–water partition coefficient (Wildman–Crippen LogP) is 0.567. The van der Waals surface area contributed by atoms with Gasteiger partial charge in [-0.2, -0.15) is 0 Å². The fraction of sp³-hybridized carbons (Fsp3) is 0. The Hall–Kier alpha value is -1.72. The first kappa shape index (κ1) is 10.8. The molecule has 1 aromatic carbocycles. The zero-order valence-corrected chi connectivity index (χ0v) is 8.34. The van der Waals surface area contributed by atoms with Gasteiger partial charge in [0.05, 0.1) is 0 Å². The molecule has 0 aliphatic heterocycles. The van der Waals surface area contributed by atoms with E-state index in [0.29, 0.717) is 11.1 Å². The van der Waals surface area contributed by atoms with Crippen molar-refractivity contribution in [3.63, 3.8) is 0 Å². The third-order valence-corrected chi connectivity index (χ3v) is 2.28. The molecule has 0 aliphatic carbocycles. The maximum absolute atomic E-state index is 13.5. The molecule has 0 saturated carbocycles. The summed E-state index contributed by atoms with van der Waals surface area (Å²) in [5, 5.41) is 18.0. The summed E-state index contributed by atoms with van der Waals surface area (Å²) in [6.45, 7) is 0. The van der Waals surface area contributed by atoms with Gasteiger partial charge in [0.1, 0.15) is 5.82 Å². The zero-order valence-electron chi connectivity index (χ0n) is 8.34. The molecule has 0 radical (unpaired) electrons. The minimum atomic E-state index is -1.60. The molecular weight excluding hydrogens is 208 g/mol. The molecule has 16 heavy (non-hydrogen) atoms. The number of aromatic nitrogens is 1. The number of hydrogen-bond acceptors (Lipinski definition) is 3. The van der Waals surface area contributed by atoms with E-state index >= 15 is 0 Å². The van der Waals surface area contributed by atoms with Crippen LogP contribution in [0.5, 0.6) is 0 Å². The Labute approximate surface area is 92.4 Å². The Morgan fingerprint density at radius 2 is 1.75 bits per heavy atom. The van der Waals surface area contributed by atoms with Crippen molar-refractivity contribution in [2.24, 2.45) is 0 Å². The number of nitrogens with zero attached hydrogens (tertiary/aromatic N) is 1. The topological polar surface area (TPSA) is 53.4 Å². The number of pyridine rings is 1. The highest BCUT2D eigenvalue weighted by Gasteiger charge is 2.14. The van der Waals surface area contributed by atoms with Gasteiger partial charge in [0.15, 0.2) is 0 Å². The van der Waals surface area contributed by atoms with E-state index < -0.39 is 12.9 Å². The Morgan fingerprint density at radius 1 is 1.06 bits per heavy atom. The van der Waals surface area contributed by atoms with Crippen molar-refractivity contribution in [1.82, 2.24) is 4.98 Å². The summed E-state index contributed by atoms with van der Waals surface area (Å²) in [6, 6.07) is 7.28. The Morgan fingerprint density at radius 3 is 2.38 bits per heavy atom. The van der Waals surface area contributed by atoms with E-state index in [0.717, 1.165) is 0 Å². The lowest BCUT2D eigenvalue weighted by molar-refractivity contribution is 0.425. The van der Waals surface area contributed by atoms with Crippen molar-refractivity contribution in [2.75, 3.05) is 0 Å². The smallest absolute Gasteiger partial charge is 0.423 e. The van der Waals surface area contributed by atoms with Crippen LogP contribution in [0.15, 0.2) is 42.7 Å². The molecule has 2 N–H and O–H groups in total. The van der Waals surface area contributed by atoms with Crippen LogP contribution in [0.25, 0.3) is 11.1 Å². The Kier molecular flexibility index (Phi) is 2.98. The third kappa shape index (κ3) is 2.10. The fourth-order valence-corrected chi connectivity index (χ4v) is 1.46. The second-order valence-corrected chi connectivity index (χ2v) is 3.35. The van der Waals surface area contributed by atoms with Gasteiger partial charge in [-0.15, -0.1) is 0 Å². The molecular formula is C11H9BFNO2. The molecule has 2 rings (SSSR count). The molecule has 0 aliphatic rings. The van der Waals surface area contributed by atoms with Crippen molar-refractivity contribution in [3.8, 4) is 11.1 Å². The summed E-state index contributed by atoms with van der Waals surface area (Å²) in [7, 11) is -1.60. The fourth-order valence-electron chi connectivity index (χ4n) is 1.46. The number of benzene rings is 1. The van der Waals surface area contributed by atoms with E-state index in [-0.39, 0.29) is 5.46 Å². The highest BCUT2D eigenvalue weighted by atomic mass is 19.1. The van der Waals surface area contributed by atoms with E-state index in [1.807, 2.05) is 0 Å². The molecule has 0 saturated heterocycles. The van der Waals surface area contributed by atoms with Crippen LogP contribution >= 0.6 is 0 Å². The van der Waals surface area contributed by atoms with E-state index in [1.165, 1.54) is 18.2 Å². The van der Waals surface area contributed by atoms with Crippen LogP contribution in [0, 0.1) is 5.82 Å². The summed E-state index contributed by atoms with van der Waals surface area (Å²) < 4.78 is 13.5. The Balaban J connectivity index is 2.52. The highest BCUT2D eigenvalue weighted by Crippen LogP contribution is 2.20. The van der Waals surface area contributed by atoms with Gasteiger partial charge < -0.3 is 10.0 Å². The van der Waals surface area contributed by atoms with E-state index in [9.17, 15) is 4.39 Å². The SMILES string of the molecule is OB(O)c1ccc(F)c(-c2ccncc2)c1. The predicted molar refractivity (Wildman–Crippen MR) is 59.5 cm³/mol. The molecule has 3 nitrogen and oxygen atoms in total. The first-order valence-corrected chi connectivity index (χ1v) is 4.74. The van der Waals surface area contributed by atoms with Crippen molar-refractivity contribution in [2.45, 2.75) is 0 Å². The highest BCUT2D eigenvalue weighted by molar-refractivity contribution is 6.58. The summed E-state index contributed by atoms with van der Waals surface area (Å²) in [6.07, 6.45) is 3.10. The quantitative estimate of drug-likeness (QED) is 0.723. The third-order valence-electron chi connectivity index (χ3n) is 2.28. The molecule has 2 aromatic rings. The molecule has 0 amide bonds. The molecule has 0 atom stereocenters. The lowest BCUT2D eigenvalue weighted by atomic mass is 9.79. The standard InChI is InChI=1S/C11H9BFNO2/c13-11-2-1-9(12(15)16)7-10(11)8-3-5-14-6-4-8/h1-7,15-16H. The molecule has 5 heteroatoms. The van der Waals surface area contributed by atoms with Gasteiger partial charge in [-0.1, -0.05) is 12.1 Å². The van der Waals surface area contributed by atoms with Gasteiger partial charge >= 0.3 is 7.12 Å². The molecule has 0 unspecified atom stereocenters. The van der Waals surface area contributed by atoms with E-state index in [1.54, 1.807) is 24.5 Å².